The molecule has 0 bridgehead atoms. The zero-order valence-corrected chi connectivity index (χ0v) is 20.4. The second-order valence-electron chi connectivity index (χ2n) is 8.25. The van der Waals surface area contributed by atoms with Gasteiger partial charge in [-0.2, -0.15) is 0 Å². The Hall–Kier alpha value is -3.31. The summed E-state index contributed by atoms with van der Waals surface area (Å²) in [5.41, 5.74) is 2.97. The van der Waals surface area contributed by atoms with Crippen LogP contribution in [0.5, 0.6) is 5.75 Å². The lowest BCUT2D eigenvalue weighted by Crippen LogP contribution is -2.51. The van der Waals surface area contributed by atoms with E-state index in [4.69, 9.17) is 16.3 Å². The van der Waals surface area contributed by atoms with Gasteiger partial charge in [0.25, 0.3) is 5.91 Å². The van der Waals surface area contributed by atoms with Crippen molar-refractivity contribution in [3.8, 4) is 5.75 Å². The third-order valence-corrected chi connectivity index (χ3v) is 5.72. The van der Waals surface area contributed by atoms with Crippen molar-refractivity contribution in [1.29, 1.82) is 0 Å². The average Bonchev–Trinajstić information content (AvgIpc) is 2.86. The first-order chi connectivity index (χ1) is 16.5. The minimum Gasteiger partial charge on any atom is -0.484 e. The number of amides is 2. The van der Waals surface area contributed by atoms with Crippen LogP contribution in [0.1, 0.15) is 30.0 Å². The van der Waals surface area contributed by atoms with E-state index in [-0.39, 0.29) is 25.0 Å². The van der Waals surface area contributed by atoms with Gasteiger partial charge in [-0.25, -0.2) is 0 Å². The molecule has 0 aliphatic carbocycles. The van der Waals surface area contributed by atoms with Gasteiger partial charge in [0.2, 0.25) is 5.91 Å². The zero-order valence-electron chi connectivity index (χ0n) is 19.7. The number of carbonyl (C=O) groups excluding carboxylic acids is 2. The normalized spacial score (nSPS) is 11.5. The predicted octanol–water partition coefficient (Wildman–Crippen LogP) is 5.19. The summed E-state index contributed by atoms with van der Waals surface area (Å²) in [4.78, 5) is 28.3. The van der Waals surface area contributed by atoms with E-state index in [2.05, 4.69) is 5.32 Å². The minimum atomic E-state index is -0.682. The number of nitrogens with one attached hydrogen (secondary N) is 1. The highest BCUT2D eigenvalue weighted by Crippen LogP contribution is 2.18. The number of ether oxygens (including phenoxy) is 1. The van der Waals surface area contributed by atoms with Gasteiger partial charge in [0.1, 0.15) is 11.8 Å². The summed E-state index contributed by atoms with van der Waals surface area (Å²) in [5.74, 6) is 0.173. The molecule has 0 aliphatic rings. The standard InChI is InChI=1S/C28H31ClN2O3/c1-3-17-30-28(33)26(18-22-7-5-4-6-8-22)31(19-23-11-13-24(29)14-12-23)27(32)20-34-25-15-9-21(2)10-16-25/h4-16,26H,3,17-20H2,1-2H3,(H,30,33)/t26-/m1/s1. The molecule has 34 heavy (non-hydrogen) atoms. The van der Waals surface area contributed by atoms with Crippen LogP contribution in [0.2, 0.25) is 5.02 Å². The SMILES string of the molecule is CCCNC(=O)[C@@H](Cc1ccccc1)N(Cc1ccc(Cl)cc1)C(=O)COc1ccc(C)cc1. The fraction of sp³-hybridized carbons (Fsp3) is 0.286. The topological polar surface area (TPSA) is 58.6 Å². The first-order valence-electron chi connectivity index (χ1n) is 11.5. The van der Waals surface area contributed by atoms with Gasteiger partial charge in [0, 0.05) is 24.5 Å². The smallest absolute Gasteiger partial charge is 0.261 e. The van der Waals surface area contributed by atoms with E-state index in [1.165, 1.54) is 0 Å². The Bertz CT molecular complexity index is 1050. The number of hydrogen-bond acceptors (Lipinski definition) is 3. The lowest BCUT2D eigenvalue weighted by Gasteiger charge is -2.31. The fourth-order valence-electron chi connectivity index (χ4n) is 3.57. The third kappa shape index (κ3) is 7.63. The number of benzene rings is 3. The maximum atomic E-state index is 13.5. The maximum Gasteiger partial charge on any atom is 0.261 e. The van der Waals surface area contributed by atoms with E-state index in [1.54, 1.807) is 17.0 Å². The molecular formula is C28H31ClN2O3. The summed E-state index contributed by atoms with van der Waals surface area (Å²) in [6.45, 7) is 4.64. The summed E-state index contributed by atoms with van der Waals surface area (Å²) < 4.78 is 5.78. The highest BCUT2D eigenvalue weighted by Gasteiger charge is 2.30. The molecule has 178 valence electrons. The van der Waals surface area contributed by atoms with Crippen LogP contribution in [0.15, 0.2) is 78.9 Å². The molecule has 3 rings (SSSR count). The Kier molecular flexibility index (Phi) is 9.53. The van der Waals surface area contributed by atoms with Gasteiger partial charge in [-0.1, -0.05) is 78.7 Å². The molecule has 0 fully saturated rings. The second kappa shape index (κ2) is 12.8. The molecule has 0 unspecified atom stereocenters. The van der Waals surface area contributed by atoms with Gasteiger partial charge >= 0.3 is 0 Å². The van der Waals surface area contributed by atoms with Crippen LogP contribution in [0.4, 0.5) is 0 Å². The summed E-state index contributed by atoms with van der Waals surface area (Å²) in [7, 11) is 0. The molecule has 2 amide bonds. The highest BCUT2D eigenvalue weighted by atomic mass is 35.5. The molecule has 1 N–H and O–H groups in total. The summed E-state index contributed by atoms with van der Waals surface area (Å²) in [6.07, 6.45) is 1.21. The first kappa shape index (κ1) is 25.3. The van der Waals surface area contributed by atoms with Crippen LogP contribution in [0.25, 0.3) is 0 Å². The second-order valence-corrected chi connectivity index (χ2v) is 8.68. The van der Waals surface area contributed by atoms with Gasteiger partial charge in [-0.15, -0.1) is 0 Å². The van der Waals surface area contributed by atoms with Gasteiger partial charge in [-0.05, 0) is 48.7 Å². The number of rotatable bonds is 11. The van der Waals surface area contributed by atoms with Crippen LogP contribution in [-0.2, 0) is 22.6 Å². The van der Waals surface area contributed by atoms with Crippen molar-refractivity contribution in [2.45, 2.75) is 39.3 Å². The summed E-state index contributed by atoms with van der Waals surface area (Å²) in [5, 5.41) is 3.58. The van der Waals surface area contributed by atoms with E-state index in [9.17, 15) is 9.59 Å². The molecule has 0 aromatic heterocycles. The van der Waals surface area contributed by atoms with E-state index in [1.807, 2.05) is 80.6 Å². The summed E-state index contributed by atoms with van der Waals surface area (Å²) in [6, 6.07) is 23.9. The molecule has 0 aliphatic heterocycles. The third-order valence-electron chi connectivity index (χ3n) is 5.47. The van der Waals surface area contributed by atoms with Crippen molar-refractivity contribution in [2.75, 3.05) is 13.2 Å². The van der Waals surface area contributed by atoms with E-state index < -0.39 is 6.04 Å². The lowest BCUT2D eigenvalue weighted by molar-refractivity contribution is -0.142. The molecule has 0 radical (unpaired) electrons. The Morgan fingerprint density at radius 1 is 0.941 bits per heavy atom. The van der Waals surface area contributed by atoms with Crippen LogP contribution in [0, 0.1) is 6.92 Å². The zero-order chi connectivity index (χ0) is 24.3. The van der Waals surface area contributed by atoms with Crippen molar-refractivity contribution in [2.24, 2.45) is 0 Å². The van der Waals surface area contributed by atoms with E-state index in [0.717, 1.165) is 23.1 Å². The Balaban J connectivity index is 1.87. The van der Waals surface area contributed by atoms with Gasteiger partial charge in [0.05, 0.1) is 0 Å². The number of nitrogens with zero attached hydrogens (tertiary/aromatic N) is 1. The lowest BCUT2D eigenvalue weighted by atomic mass is 10.0. The van der Waals surface area contributed by atoms with Crippen LogP contribution >= 0.6 is 11.6 Å². The van der Waals surface area contributed by atoms with Crippen molar-refractivity contribution in [1.82, 2.24) is 10.2 Å². The molecule has 3 aromatic rings. The molecule has 0 saturated carbocycles. The number of carbonyl (C=O) groups is 2. The molecule has 5 nitrogen and oxygen atoms in total. The van der Waals surface area contributed by atoms with Crippen molar-refractivity contribution in [3.63, 3.8) is 0 Å². The van der Waals surface area contributed by atoms with Crippen LogP contribution < -0.4 is 10.1 Å². The fourth-order valence-corrected chi connectivity index (χ4v) is 3.69. The average molecular weight is 479 g/mol. The van der Waals surface area contributed by atoms with Gasteiger partial charge in [-0.3, -0.25) is 9.59 Å². The molecule has 1 atom stereocenters. The Morgan fingerprint density at radius 3 is 2.26 bits per heavy atom. The van der Waals surface area contributed by atoms with Crippen molar-refractivity contribution >= 4 is 23.4 Å². The minimum absolute atomic E-state index is 0.164. The molecule has 3 aromatic carbocycles. The number of hydrogen-bond donors (Lipinski definition) is 1. The van der Waals surface area contributed by atoms with E-state index >= 15 is 0 Å². The van der Waals surface area contributed by atoms with Gasteiger partial charge < -0.3 is 15.0 Å². The number of halogens is 1. The molecule has 0 saturated heterocycles. The van der Waals surface area contributed by atoms with E-state index in [0.29, 0.717) is 23.7 Å². The quantitative estimate of drug-likeness (QED) is 0.412. The molecule has 0 heterocycles. The first-order valence-corrected chi connectivity index (χ1v) is 11.9. The largest absolute Gasteiger partial charge is 0.484 e. The highest BCUT2D eigenvalue weighted by molar-refractivity contribution is 6.30. The Labute approximate surface area is 206 Å². The Morgan fingerprint density at radius 2 is 1.62 bits per heavy atom. The number of aryl methyl sites for hydroxylation is 1. The van der Waals surface area contributed by atoms with Crippen LogP contribution in [-0.4, -0.2) is 35.9 Å². The predicted molar refractivity (Wildman–Crippen MR) is 136 cm³/mol. The summed E-state index contributed by atoms with van der Waals surface area (Å²) >= 11 is 6.05. The maximum absolute atomic E-state index is 13.5. The van der Waals surface area contributed by atoms with Crippen molar-refractivity contribution < 1.29 is 14.3 Å². The van der Waals surface area contributed by atoms with Gasteiger partial charge in [0.15, 0.2) is 6.61 Å². The molecule has 6 heteroatoms. The van der Waals surface area contributed by atoms with Crippen molar-refractivity contribution in [3.05, 3.63) is 101 Å². The molecule has 0 spiro atoms. The molecular weight excluding hydrogens is 448 g/mol. The monoisotopic (exact) mass is 478 g/mol. The van der Waals surface area contributed by atoms with Crippen LogP contribution in [0.3, 0.4) is 0 Å².